The van der Waals surface area contributed by atoms with E-state index in [1.54, 1.807) is 0 Å². The van der Waals surface area contributed by atoms with Gasteiger partial charge in [0.05, 0.1) is 0 Å². The number of carbonyl (C=O) groups is 6. The summed E-state index contributed by atoms with van der Waals surface area (Å²) >= 11 is 0. The Labute approximate surface area is 132 Å². The highest BCUT2D eigenvalue weighted by Crippen LogP contribution is 1.71. The summed E-state index contributed by atoms with van der Waals surface area (Å²) in [4.78, 5) is 57.3. The molecule has 0 unspecified atom stereocenters. The summed E-state index contributed by atoms with van der Waals surface area (Å²) in [6.45, 7) is 0. The highest BCUT2D eigenvalue weighted by molar-refractivity contribution is 5.90. The van der Waals surface area contributed by atoms with Crippen molar-refractivity contribution in [3.05, 3.63) is 36.5 Å². The molecule has 0 rings (SSSR count). The SMILES string of the molecule is O=C(O)/C=C/C(=O)O.O=C(O)/C=C/C(=O)O.O=C(O)/C=C/C(=O)O. The van der Waals surface area contributed by atoms with E-state index in [0.717, 1.165) is 0 Å². The van der Waals surface area contributed by atoms with E-state index in [4.69, 9.17) is 30.6 Å². The Morgan fingerprint density at radius 3 is 0.458 bits per heavy atom. The quantitative estimate of drug-likeness (QED) is 0.322. The molecule has 0 fully saturated rings. The van der Waals surface area contributed by atoms with Gasteiger partial charge in [0.25, 0.3) is 0 Å². The zero-order valence-electron chi connectivity index (χ0n) is 11.6. The van der Waals surface area contributed by atoms with Crippen LogP contribution < -0.4 is 0 Å². The summed E-state index contributed by atoms with van der Waals surface area (Å²) in [5.41, 5.74) is 0. The zero-order valence-corrected chi connectivity index (χ0v) is 11.6. The molecule has 0 aliphatic heterocycles. The Bertz CT molecular complexity index is 438. The fourth-order valence-corrected chi connectivity index (χ4v) is 0.428. The molecular weight excluding hydrogens is 336 g/mol. The fourth-order valence-electron chi connectivity index (χ4n) is 0.428. The Morgan fingerprint density at radius 2 is 0.417 bits per heavy atom. The lowest BCUT2D eigenvalue weighted by Crippen LogP contribution is -1.91. The molecule has 0 aromatic carbocycles. The molecule has 0 saturated heterocycles. The molecule has 0 amide bonds. The predicted octanol–water partition coefficient (Wildman–Crippen LogP) is -0.865. The van der Waals surface area contributed by atoms with Crippen molar-refractivity contribution in [2.45, 2.75) is 0 Å². The van der Waals surface area contributed by atoms with E-state index in [1.807, 2.05) is 0 Å². The minimum atomic E-state index is -1.26. The standard InChI is InChI=1S/3C4H4O4/c3*5-3(6)1-2-4(7)8/h3*1-2H,(H,5,6)(H,7,8)/b3*2-1+. The van der Waals surface area contributed by atoms with Crippen LogP contribution in [0.5, 0.6) is 0 Å². The second-order valence-corrected chi connectivity index (χ2v) is 3.03. The summed E-state index contributed by atoms with van der Waals surface area (Å²) in [6, 6.07) is 0. The van der Waals surface area contributed by atoms with E-state index in [2.05, 4.69) is 0 Å². The van der Waals surface area contributed by atoms with Crippen molar-refractivity contribution < 1.29 is 59.4 Å². The molecular formula is C12H12O12. The zero-order chi connectivity index (χ0) is 19.7. The third-order valence-electron chi connectivity index (χ3n) is 1.11. The van der Waals surface area contributed by atoms with Gasteiger partial charge in [0, 0.05) is 36.5 Å². The van der Waals surface area contributed by atoms with Crippen molar-refractivity contribution >= 4 is 35.8 Å². The smallest absolute Gasteiger partial charge is 0.328 e. The van der Waals surface area contributed by atoms with Crippen molar-refractivity contribution in [2.24, 2.45) is 0 Å². The second kappa shape index (κ2) is 15.4. The van der Waals surface area contributed by atoms with Crippen LogP contribution in [0.1, 0.15) is 0 Å². The van der Waals surface area contributed by atoms with Gasteiger partial charge in [-0.15, -0.1) is 0 Å². The molecule has 132 valence electrons. The van der Waals surface area contributed by atoms with Crippen molar-refractivity contribution in [2.75, 3.05) is 0 Å². The normalized spacial score (nSPS) is 9.50. The van der Waals surface area contributed by atoms with Gasteiger partial charge in [0.15, 0.2) is 0 Å². The van der Waals surface area contributed by atoms with Gasteiger partial charge in [-0.3, -0.25) is 0 Å². The number of hydrogen-bond donors (Lipinski definition) is 6. The van der Waals surface area contributed by atoms with Gasteiger partial charge in [-0.25, -0.2) is 28.8 Å². The van der Waals surface area contributed by atoms with Gasteiger partial charge >= 0.3 is 35.8 Å². The molecule has 12 heteroatoms. The summed E-state index contributed by atoms with van der Waals surface area (Å²) in [7, 11) is 0. The number of aliphatic carboxylic acids is 6. The minimum Gasteiger partial charge on any atom is -0.478 e. The van der Waals surface area contributed by atoms with Crippen molar-refractivity contribution in [1.29, 1.82) is 0 Å². The van der Waals surface area contributed by atoms with E-state index in [1.165, 1.54) is 0 Å². The highest BCUT2D eigenvalue weighted by atomic mass is 16.4. The maximum absolute atomic E-state index is 9.55. The molecule has 0 aromatic rings. The first kappa shape index (κ1) is 25.0. The Morgan fingerprint density at radius 1 is 0.333 bits per heavy atom. The van der Waals surface area contributed by atoms with Gasteiger partial charge in [-0.05, 0) is 0 Å². The van der Waals surface area contributed by atoms with Crippen molar-refractivity contribution in [3.8, 4) is 0 Å². The summed E-state index contributed by atoms with van der Waals surface area (Å²) in [5.74, 6) is -7.54. The fraction of sp³-hybridized carbons (Fsp3) is 0. The molecule has 0 aromatic heterocycles. The maximum Gasteiger partial charge on any atom is 0.328 e. The van der Waals surface area contributed by atoms with Crippen LogP contribution in [0.3, 0.4) is 0 Å². The average molecular weight is 348 g/mol. The van der Waals surface area contributed by atoms with Crippen LogP contribution in [0, 0.1) is 0 Å². The van der Waals surface area contributed by atoms with E-state index in [-0.39, 0.29) is 0 Å². The van der Waals surface area contributed by atoms with E-state index in [0.29, 0.717) is 36.5 Å². The van der Waals surface area contributed by atoms with Crippen LogP contribution in [-0.4, -0.2) is 66.5 Å². The van der Waals surface area contributed by atoms with Crippen LogP contribution in [0.25, 0.3) is 0 Å². The maximum atomic E-state index is 9.55. The molecule has 0 aliphatic rings. The van der Waals surface area contributed by atoms with Crippen LogP contribution in [-0.2, 0) is 28.8 Å². The molecule has 0 bridgehead atoms. The first-order chi connectivity index (χ1) is 10.9. The Kier molecular flexibility index (Phi) is 16.1. The summed E-state index contributed by atoms with van der Waals surface area (Å²) < 4.78 is 0. The molecule has 6 N–H and O–H groups in total. The van der Waals surface area contributed by atoms with Crippen LogP contribution >= 0.6 is 0 Å². The van der Waals surface area contributed by atoms with Crippen molar-refractivity contribution in [3.63, 3.8) is 0 Å². The Hall–Kier alpha value is -3.96. The lowest BCUT2D eigenvalue weighted by atomic mass is 10.5. The largest absolute Gasteiger partial charge is 0.478 e. The van der Waals surface area contributed by atoms with Gasteiger partial charge in [0.2, 0.25) is 0 Å². The number of carboxylic acids is 6. The third-order valence-corrected chi connectivity index (χ3v) is 1.11. The number of carboxylic acid groups (broad SMARTS) is 6. The highest BCUT2D eigenvalue weighted by Gasteiger charge is 1.89. The van der Waals surface area contributed by atoms with E-state index >= 15 is 0 Å². The molecule has 0 spiro atoms. The number of hydrogen-bond acceptors (Lipinski definition) is 6. The monoisotopic (exact) mass is 348 g/mol. The van der Waals surface area contributed by atoms with Crippen LogP contribution in [0.4, 0.5) is 0 Å². The number of rotatable bonds is 6. The van der Waals surface area contributed by atoms with Crippen LogP contribution in [0.15, 0.2) is 36.5 Å². The minimum absolute atomic E-state index is 0.558. The summed E-state index contributed by atoms with van der Waals surface area (Å²) in [6.07, 6.45) is 3.35. The lowest BCUT2D eigenvalue weighted by molar-refractivity contribution is -0.134. The van der Waals surface area contributed by atoms with Crippen LogP contribution in [0.2, 0.25) is 0 Å². The molecule has 24 heavy (non-hydrogen) atoms. The van der Waals surface area contributed by atoms with Crippen molar-refractivity contribution in [1.82, 2.24) is 0 Å². The van der Waals surface area contributed by atoms with Gasteiger partial charge in [-0.2, -0.15) is 0 Å². The third kappa shape index (κ3) is 43.0. The van der Waals surface area contributed by atoms with Gasteiger partial charge < -0.3 is 30.6 Å². The first-order valence-electron chi connectivity index (χ1n) is 5.30. The molecule has 0 heterocycles. The lowest BCUT2D eigenvalue weighted by Gasteiger charge is -1.74. The average Bonchev–Trinajstić information content (AvgIpc) is 2.42. The summed E-state index contributed by atoms with van der Waals surface area (Å²) in [5, 5.41) is 46.9. The van der Waals surface area contributed by atoms with E-state index in [9.17, 15) is 28.8 Å². The van der Waals surface area contributed by atoms with E-state index < -0.39 is 35.8 Å². The second-order valence-electron chi connectivity index (χ2n) is 3.03. The Balaban J connectivity index is -0.000000276. The molecule has 12 nitrogen and oxygen atoms in total. The van der Waals surface area contributed by atoms with Gasteiger partial charge in [-0.1, -0.05) is 0 Å². The molecule has 0 saturated carbocycles. The molecule has 0 radical (unpaired) electrons. The predicted molar refractivity (Wildman–Crippen MR) is 73.2 cm³/mol. The molecule has 0 aliphatic carbocycles. The molecule has 0 atom stereocenters. The first-order valence-corrected chi connectivity index (χ1v) is 5.30. The topological polar surface area (TPSA) is 224 Å². The van der Waals surface area contributed by atoms with Gasteiger partial charge in [0.1, 0.15) is 0 Å².